The van der Waals surface area contributed by atoms with Crippen molar-refractivity contribution < 1.29 is 18.3 Å². The molecule has 0 unspecified atom stereocenters. The normalized spacial score (nSPS) is 10.7. The molecule has 1 rings (SSSR count). The first-order valence-corrected chi connectivity index (χ1v) is 6.01. The number of aryl methyl sites for hydroxylation is 1. The zero-order valence-electron chi connectivity index (χ0n) is 10.8. The quantitative estimate of drug-likeness (QED) is 0.710. The number of anilines is 1. The number of alkyl halides is 2. The van der Waals surface area contributed by atoms with E-state index in [1.807, 2.05) is 31.2 Å². The number of rotatable bonds is 8. The molecule has 19 heavy (non-hydrogen) atoms. The van der Waals surface area contributed by atoms with Gasteiger partial charge >= 0.3 is 0 Å². The first-order chi connectivity index (χ1) is 9.08. The highest BCUT2D eigenvalue weighted by atomic mass is 19.3. The van der Waals surface area contributed by atoms with Gasteiger partial charge in [0.2, 0.25) is 5.91 Å². The first kappa shape index (κ1) is 15.5. The van der Waals surface area contributed by atoms with E-state index in [1.54, 1.807) is 0 Å². The van der Waals surface area contributed by atoms with Gasteiger partial charge in [-0.3, -0.25) is 4.79 Å². The number of benzene rings is 1. The highest BCUT2D eigenvalue weighted by Crippen LogP contribution is 2.07. The van der Waals surface area contributed by atoms with Crippen LogP contribution in [0.5, 0.6) is 0 Å². The summed E-state index contributed by atoms with van der Waals surface area (Å²) in [7, 11) is 0. The Morgan fingerprint density at radius 3 is 2.63 bits per heavy atom. The third-order valence-electron chi connectivity index (χ3n) is 2.29. The number of hydrogen-bond donors (Lipinski definition) is 2. The van der Waals surface area contributed by atoms with Gasteiger partial charge in [-0.2, -0.15) is 0 Å². The Kier molecular flexibility index (Phi) is 6.99. The van der Waals surface area contributed by atoms with Crippen LogP contribution in [0.1, 0.15) is 5.56 Å². The van der Waals surface area contributed by atoms with E-state index in [2.05, 4.69) is 15.4 Å². The molecular weight excluding hydrogens is 254 g/mol. The maximum absolute atomic E-state index is 11.7. The summed E-state index contributed by atoms with van der Waals surface area (Å²) in [5.74, 6) is -0.183. The smallest absolute Gasteiger partial charge is 0.261 e. The molecule has 6 heteroatoms. The summed E-state index contributed by atoms with van der Waals surface area (Å²) in [5, 5.41) is 5.52. The fourth-order valence-corrected chi connectivity index (χ4v) is 1.36. The minimum atomic E-state index is -2.45. The van der Waals surface area contributed by atoms with Crippen LogP contribution in [0.15, 0.2) is 24.3 Å². The summed E-state index contributed by atoms with van der Waals surface area (Å²) >= 11 is 0. The Bertz CT molecular complexity index is 383. The van der Waals surface area contributed by atoms with Crippen molar-refractivity contribution in [3.8, 4) is 0 Å². The number of carbonyl (C=O) groups is 1. The molecule has 0 aliphatic carbocycles. The first-order valence-electron chi connectivity index (χ1n) is 6.01. The molecule has 0 aliphatic heterocycles. The van der Waals surface area contributed by atoms with Crippen molar-refractivity contribution in [2.24, 2.45) is 0 Å². The Balaban J connectivity index is 2.09. The fraction of sp³-hybridized carbons (Fsp3) is 0.462. The van der Waals surface area contributed by atoms with Crippen LogP contribution in [0, 0.1) is 6.92 Å². The third kappa shape index (κ3) is 7.48. The third-order valence-corrected chi connectivity index (χ3v) is 2.29. The van der Waals surface area contributed by atoms with Crippen molar-refractivity contribution in [2.75, 3.05) is 31.6 Å². The van der Waals surface area contributed by atoms with Gasteiger partial charge in [0.05, 0.1) is 13.2 Å². The minimum absolute atomic E-state index is 0.117. The van der Waals surface area contributed by atoms with E-state index in [4.69, 9.17) is 0 Å². The second-order valence-electron chi connectivity index (χ2n) is 4.06. The molecule has 0 radical (unpaired) electrons. The fourth-order valence-electron chi connectivity index (χ4n) is 1.36. The number of halogens is 2. The zero-order valence-corrected chi connectivity index (χ0v) is 10.8. The van der Waals surface area contributed by atoms with Crippen LogP contribution in [-0.4, -0.2) is 38.6 Å². The van der Waals surface area contributed by atoms with Gasteiger partial charge in [0.1, 0.15) is 6.61 Å². The summed E-state index contributed by atoms with van der Waals surface area (Å²) in [6.07, 6.45) is -2.45. The predicted octanol–water partition coefficient (Wildman–Crippen LogP) is 1.80. The van der Waals surface area contributed by atoms with E-state index in [0.29, 0.717) is 6.54 Å². The van der Waals surface area contributed by atoms with Gasteiger partial charge in [-0.05, 0) is 19.1 Å². The average molecular weight is 272 g/mol. The van der Waals surface area contributed by atoms with Crippen LogP contribution in [0.3, 0.4) is 0 Å². The molecule has 1 aromatic carbocycles. The molecule has 0 saturated heterocycles. The van der Waals surface area contributed by atoms with E-state index >= 15 is 0 Å². The average Bonchev–Trinajstić information content (AvgIpc) is 2.36. The van der Waals surface area contributed by atoms with E-state index in [0.717, 1.165) is 11.3 Å². The maximum atomic E-state index is 11.7. The van der Waals surface area contributed by atoms with Crippen LogP contribution in [0.25, 0.3) is 0 Å². The lowest BCUT2D eigenvalue weighted by Crippen LogP contribution is -2.30. The molecule has 1 amide bonds. The molecule has 0 atom stereocenters. The van der Waals surface area contributed by atoms with Gasteiger partial charge in [-0.15, -0.1) is 0 Å². The lowest BCUT2D eigenvalue weighted by molar-refractivity contribution is -0.115. The Hall–Kier alpha value is -1.53. The Labute approximate surface area is 111 Å². The van der Waals surface area contributed by atoms with E-state index in [9.17, 15) is 13.6 Å². The van der Waals surface area contributed by atoms with Crippen LogP contribution in [-0.2, 0) is 9.53 Å². The molecule has 0 spiro atoms. The van der Waals surface area contributed by atoms with Crippen molar-refractivity contribution in [3.05, 3.63) is 29.8 Å². The summed E-state index contributed by atoms with van der Waals surface area (Å²) in [5.41, 5.74) is 1.85. The van der Waals surface area contributed by atoms with Gasteiger partial charge in [0, 0.05) is 12.2 Å². The molecule has 106 valence electrons. The van der Waals surface area contributed by atoms with E-state index < -0.39 is 13.0 Å². The molecule has 0 bridgehead atoms. The largest absolute Gasteiger partial charge is 0.374 e. The standard InChI is InChI=1S/C13H18F2N2O2/c1-10-2-4-11(5-3-10)17-13(18)8-16-6-7-19-9-12(14)15/h2-5,12,16H,6-9H2,1H3,(H,17,18). The molecule has 2 N–H and O–H groups in total. The maximum Gasteiger partial charge on any atom is 0.261 e. The summed E-state index contributed by atoms with van der Waals surface area (Å²) in [4.78, 5) is 11.5. The van der Waals surface area contributed by atoms with Crippen molar-refractivity contribution in [1.29, 1.82) is 0 Å². The summed E-state index contributed by atoms with van der Waals surface area (Å²) in [6, 6.07) is 7.44. The highest BCUT2D eigenvalue weighted by Gasteiger charge is 2.03. The van der Waals surface area contributed by atoms with Crippen LogP contribution < -0.4 is 10.6 Å². The van der Waals surface area contributed by atoms with Crippen LogP contribution >= 0.6 is 0 Å². The number of amides is 1. The Morgan fingerprint density at radius 2 is 2.00 bits per heavy atom. The zero-order chi connectivity index (χ0) is 14.1. The van der Waals surface area contributed by atoms with Crippen molar-refractivity contribution >= 4 is 11.6 Å². The summed E-state index contributed by atoms with van der Waals surface area (Å²) in [6.45, 7) is 2.02. The lowest BCUT2D eigenvalue weighted by Gasteiger charge is -2.07. The molecular formula is C13H18F2N2O2. The molecule has 0 saturated carbocycles. The highest BCUT2D eigenvalue weighted by molar-refractivity contribution is 5.92. The molecule has 0 heterocycles. The molecule has 0 fully saturated rings. The minimum Gasteiger partial charge on any atom is -0.374 e. The van der Waals surface area contributed by atoms with Gasteiger partial charge in [0.25, 0.3) is 6.43 Å². The number of carbonyl (C=O) groups excluding carboxylic acids is 1. The van der Waals surface area contributed by atoms with E-state index in [-0.39, 0.29) is 19.1 Å². The van der Waals surface area contributed by atoms with Gasteiger partial charge in [-0.25, -0.2) is 8.78 Å². The monoisotopic (exact) mass is 272 g/mol. The molecule has 1 aromatic rings. The second kappa shape index (κ2) is 8.55. The molecule has 0 aliphatic rings. The van der Waals surface area contributed by atoms with Gasteiger partial charge < -0.3 is 15.4 Å². The Morgan fingerprint density at radius 1 is 1.32 bits per heavy atom. The number of ether oxygens (including phenoxy) is 1. The molecule has 4 nitrogen and oxygen atoms in total. The van der Waals surface area contributed by atoms with Crippen molar-refractivity contribution in [2.45, 2.75) is 13.3 Å². The predicted molar refractivity (Wildman–Crippen MR) is 69.5 cm³/mol. The topological polar surface area (TPSA) is 50.4 Å². The van der Waals surface area contributed by atoms with Crippen molar-refractivity contribution in [3.63, 3.8) is 0 Å². The van der Waals surface area contributed by atoms with Gasteiger partial charge in [0.15, 0.2) is 0 Å². The van der Waals surface area contributed by atoms with Crippen LogP contribution in [0.4, 0.5) is 14.5 Å². The number of hydrogen-bond acceptors (Lipinski definition) is 3. The van der Waals surface area contributed by atoms with Crippen molar-refractivity contribution in [1.82, 2.24) is 5.32 Å². The molecule has 0 aromatic heterocycles. The number of nitrogens with one attached hydrogen (secondary N) is 2. The van der Waals surface area contributed by atoms with E-state index in [1.165, 1.54) is 0 Å². The SMILES string of the molecule is Cc1ccc(NC(=O)CNCCOCC(F)F)cc1. The van der Waals surface area contributed by atoms with Crippen LogP contribution in [0.2, 0.25) is 0 Å². The van der Waals surface area contributed by atoms with Gasteiger partial charge in [-0.1, -0.05) is 17.7 Å². The second-order valence-corrected chi connectivity index (χ2v) is 4.06. The lowest BCUT2D eigenvalue weighted by atomic mass is 10.2. The summed E-state index contributed by atoms with van der Waals surface area (Å²) < 4.78 is 28.1.